The van der Waals surface area contributed by atoms with E-state index in [2.05, 4.69) is 17.0 Å². The summed E-state index contributed by atoms with van der Waals surface area (Å²) in [6.07, 6.45) is 8.23. The van der Waals surface area contributed by atoms with Crippen LogP contribution in [0.2, 0.25) is 0 Å². The molecule has 2 N–H and O–H groups in total. The maximum Gasteiger partial charge on any atom is 0.209 e. The molecule has 0 aromatic rings. The van der Waals surface area contributed by atoms with Crippen molar-refractivity contribution in [1.82, 2.24) is 10.0 Å². The molecule has 5 nitrogen and oxygen atoms in total. The monoisotopic (exact) mass is 304 g/mol. The van der Waals surface area contributed by atoms with Gasteiger partial charge in [-0.25, -0.2) is 13.1 Å². The van der Waals surface area contributed by atoms with Crippen molar-refractivity contribution in [1.29, 1.82) is 0 Å². The lowest BCUT2D eigenvalue weighted by Crippen LogP contribution is -2.55. The van der Waals surface area contributed by atoms with Gasteiger partial charge in [0.25, 0.3) is 0 Å². The van der Waals surface area contributed by atoms with Crippen LogP contribution in [0.25, 0.3) is 0 Å². The third-order valence-electron chi connectivity index (χ3n) is 4.42. The smallest absolute Gasteiger partial charge is 0.209 e. The van der Waals surface area contributed by atoms with Gasteiger partial charge in [-0.1, -0.05) is 6.92 Å². The van der Waals surface area contributed by atoms with E-state index in [1.807, 2.05) is 0 Å². The normalized spacial score (nSPS) is 35.9. The minimum Gasteiger partial charge on any atom is -0.377 e. The first-order valence-electron chi connectivity index (χ1n) is 7.76. The minimum absolute atomic E-state index is 0.0405. The average Bonchev–Trinajstić information content (AvgIpc) is 2.38. The number of sulfonamides is 1. The van der Waals surface area contributed by atoms with Gasteiger partial charge in [-0.15, -0.1) is 0 Å². The fraction of sp³-hybridized carbons (Fsp3) is 1.00. The fourth-order valence-corrected chi connectivity index (χ4v) is 4.01. The first kappa shape index (κ1) is 16.2. The van der Waals surface area contributed by atoms with Crippen molar-refractivity contribution in [2.75, 3.05) is 19.4 Å². The summed E-state index contributed by atoms with van der Waals surface area (Å²) < 4.78 is 31.6. The Morgan fingerprint density at radius 1 is 1.20 bits per heavy atom. The number of piperidine rings is 1. The Bertz CT molecular complexity index is 391. The second-order valence-corrected chi connectivity index (χ2v) is 8.19. The molecule has 2 fully saturated rings. The Labute approximate surface area is 122 Å². The van der Waals surface area contributed by atoms with Gasteiger partial charge in [0.2, 0.25) is 10.0 Å². The highest BCUT2D eigenvalue weighted by molar-refractivity contribution is 7.88. The highest BCUT2D eigenvalue weighted by Gasteiger charge is 2.28. The molecule has 1 aliphatic carbocycles. The summed E-state index contributed by atoms with van der Waals surface area (Å²) in [5.74, 6) is 0.822. The van der Waals surface area contributed by atoms with Gasteiger partial charge in [0.05, 0.1) is 19.0 Å². The lowest BCUT2D eigenvalue weighted by molar-refractivity contribution is 0.00130. The second kappa shape index (κ2) is 7.20. The first-order valence-corrected chi connectivity index (χ1v) is 9.65. The van der Waals surface area contributed by atoms with Crippen molar-refractivity contribution >= 4 is 10.0 Å². The van der Waals surface area contributed by atoms with Gasteiger partial charge in [0.15, 0.2) is 0 Å². The van der Waals surface area contributed by atoms with Crippen LogP contribution in [0.15, 0.2) is 0 Å². The molecule has 2 aliphatic rings. The van der Waals surface area contributed by atoms with Crippen molar-refractivity contribution in [3.63, 3.8) is 0 Å². The largest absolute Gasteiger partial charge is 0.377 e. The molecule has 2 rings (SSSR count). The average molecular weight is 304 g/mol. The molecule has 0 bridgehead atoms. The van der Waals surface area contributed by atoms with Crippen molar-refractivity contribution < 1.29 is 13.2 Å². The Morgan fingerprint density at radius 2 is 1.90 bits per heavy atom. The molecule has 0 amide bonds. The summed E-state index contributed by atoms with van der Waals surface area (Å²) in [5.41, 5.74) is 0. The molecule has 2 atom stereocenters. The minimum atomic E-state index is -3.15. The number of nitrogens with one attached hydrogen (secondary N) is 2. The molecule has 1 saturated heterocycles. The highest BCUT2D eigenvalue weighted by Crippen LogP contribution is 2.25. The van der Waals surface area contributed by atoms with E-state index < -0.39 is 10.0 Å². The van der Waals surface area contributed by atoms with Crippen LogP contribution in [-0.4, -0.2) is 46.0 Å². The maximum absolute atomic E-state index is 11.4. The van der Waals surface area contributed by atoms with Crippen molar-refractivity contribution in [2.24, 2.45) is 5.92 Å². The third kappa shape index (κ3) is 5.31. The van der Waals surface area contributed by atoms with E-state index in [9.17, 15) is 8.42 Å². The van der Waals surface area contributed by atoms with Crippen LogP contribution >= 0.6 is 0 Å². The van der Waals surface area contributed by atoms with E-state index in [1.54, 1.807) is 0 Å². The molecule has 6 heteroatoms. The Hall–Kier alpha value is -0.170. The van der Waals surface area contributed by atoms with E-state index in [0.717, 1.165) is 38.1 Å². The van der Waals surface area contributed by atoms with Gasteiger partial charge in [-0.2, -0.15) is 0 Å². The molecular formula is C14H28N2O3S. The maximum atomic E-state index is 11.4. The topological polar surface area (TPSA) is 67.4 Å². The Kier molecular flexibility index (Phi) is 5.84. The summed E-state index contributed by atoms with van der Waals surface area (Å²) >= 11 is 0. The number of hydrogen-bond donors (Lipinski definition) is 2. The van der Waals surface area contributed by atoms with Gasteiger partial charge < -0.3 is 10.1 Å². The summed E-state index contributed by atoms with van der Waals surface area (Å²) in [5, 5.41) is 3.39. The number of hydrogen-bond acceptors (Lipinski definition) is 4. The molecule has 1 saturated carbocycles. The van der Waals surface area contributed by atoms with Crippen LogP contribution < -0.4 is 10.0 Å². The quantitative estimate of drug-likeness (QED) is 0.802. The summed E-state index contributed by atoms with van der Waals surface area (Å²) in [7, 11) is -3.15. The molecule has 0 aromatic carbocycles. The lowest BCUT2D eigenvalue weighted by Gasteiger charge is -2.34. The van der Waals surface area contributed by atoms with Gasteiger partial charge >= 0.3 is 0 Å². The number of ether oxygens (including phenoxy) is 1. The zero-order valence-corrected chi connectivity index (χ0v) is 13.4. The van der Waals surface area contributed by atoms with E-state index in [-0.39, 0.29) is 12.1 Å². The molecule has 1 heterocycles. The Balaban J connectivity index is 1.80. The van der Waals surface area contributed by atoms with Crippen molar-refractivity contribution in [3.05, 3.63) is 0 Å². The van der Waals surface area contributed by atoms with Crippen LogP contribution in [0.4, 0.5) is 0 Å². The zero-order chi connectivity index (χ0) is 14.6. The fourth-order valence-electron chi connectivity index (χ4n) is 3.18. The van der Waals surface area contributed by atoms with E-state index in [1.165, 1.54) is 19.1 Å². The Morgan fingerprint density at radius 3 is 2.55 bits per heavy atom. The van der Waals surface area contributed by atoms with Crippen molar-refractivity contribution in [2.45, 2.75) is 63.6 Å². The molecule has 0 aromatic heterocycles. The highest BCUT2D eigenvalue weighted by atomic mass is 32.2. The van der Waals surface area contributed by atoms with Crippen molar-refractivity contribution in [3.8, 4) is 0 Å². The molecule has 0 radical (unpaired) electrons. The van der Waals surface area contributed by atoms with E-state index >= 15 is 0 Å². The molecule has 118 valence electrons. The van der Waals surface area contributed by atoms with Gasteiger partial charge in [0.1, 0.15) is 0 Å². The molecule has 20 heavy (non-hydrogen) atoms. The summed E-state index contributed by atoms with van der Waals surface area (Å²) in [6.45, 7) is 3.84. The standard InChI is InChI=1S/C14H28N2O3S/c1-11-5-7-12(8-6-11)19-10-14-13(4-3-9-15-14)16-20(2,17)18/h11-16H,3-10H2,1-2H3/t11?,12?,13-,14-/m1/s1. The van der Waals surface area contributed by atoms with E-state index in [4.69, 9.17) is 4.74 Å². The SMILES string of the molecule is CC1CCC(OC[C@H]2NCCC[C@H]2NS(C)(=O)=O)CC1. The predicted molar refractivity (Wildman–Crippen MR) is 80.2 cm³/mol. The lowest BCUT2D eigenvalue weighted by atomic mass is 9.89. The first-order chi connectivity index (χ1) is 9.44. The predicted octanol–water partition coefficient (Wildman–Crippen LogP) is 1.25. The van der Waals surface area contributed by atoms with E-state index in [0.29, 0.717) is 12.7 Å². The zero-order valence-electron chi connectivity index (χ0n) is 12.6. The summed E-state index contributed by atoms with van der Waals surface area (Å²) in [4.78, 5) is 0. The second-order valence-electron chi connectivity index (χ2n) is 6.41. The number of rotatable bonds is 5. The molecular weight excluding hydrogens is 276 g/mol. The van der Waals surface area contributed by atoms with Crippen LogP contribution in [0.3, 0.4) is 0 Å². The van der Waals surface area contributed by atoms with Gasteiger partial charge in [0, 0.05) is 12.1 Å². The van der Waals surface area contributed by atoms with Crippen LogP contribution in [-0.2, 0) is 14.8 Å². The van der Waals surface area contributed by atoms with Gasteiger partial charge in [-0.3, -0.25) is 0 Å². The van der Waals surface area contributed by atoms with Crippen LogP contribution in [0, 0.1) is 5.92 Å². The van der Waals surface area contributed by atoms with Crippen LogP contribution in [0.1, 0.15) is 45.4 Å². The van der Waals surface area contributed by atoms with Gasteiger partial charge in [-0.05, 0) is 51.0 Å². The molecule has 0 spiro atoms. The van der Waals surface area contributed by atoms with Crippen LogP contribution in [0.5, 0.6) is 0 Å². The summed E-state index contributed by atoms with van der Waals surface area (Å²) in [6, 6.07) is 0.0547. The molecule has 0 unspecified atom stereocenters. The third-order valence-corrected chi connectivity index (χ3v) is 5.15. The molecule has 1 aliphatic heterocycles.